The van der Waals surface area contributed by atoms with E-state index in [4.69, 9.17) is 15.6 Å². The Morgan fingerprint density at radius 3 is 3.00 bits per heavy atom. The Kier molecular flexibility index (Phi) is 4.53. The number of hydrogen-bond acceptors (Lipinski definition) is 7. The van der Waals surface area contributed by atoms with Gasteiger partial charge < -0.3 is 15.5 Å². The molecular formula is C21H20N6O. The van der Waals surface area contributed by atoms with Crippen molar-refractivity contribution >= 4 is 17.1 Å². The highest BCUT2D eigenvalue weighted by atomic mass is 16.3. The van der Waals surface area contributed by atoms with Gasteiger partial charge in [-0.25, -0.2) is 4.98 Å². The smallest absolute Gasteiger partial charge is 0.181 e. The molecule has 7 heteroatoms. The molecule has 0 saturated carbocycles. The zero-order valence-electron chi connectivity index (χ0n) is 15.5. The maximum Gasteiger partial charge on any atom is 0.181 e. The van der Waals surface area contributed by atoms with Gasteiger partial charge in [0.05, 0.1) is 23.5 Å². The Balaban J connectivity index is 1.65. The molecule has 7 nitrogen and oxygen atoms in total. The molecule has 3 aromatic rings. The molecule has 4 rings (SSSR count). The van der Waals surface area contributed by atoms with E-state index in [1.54, 1.807) is 12.3 Å². The molecule has 1 unspecified atom stereocenters. The minimum atomic E-state index is 0.0473. The highest BCUT2D eigenvalue weighted by Crippen LogP contribution is 2.34. The van der Waals surface area contributed by atoms with E-state index in [1.165, 1.54) is 12.6 Å². The van der Waals surface area contributed by atoms with Crippen LogP contribution in [0.15, 0.2) is 41.4 Å². The summed E-state index contributed by atoms with van der Waals surface area (Å²) in [5.41, 5.74) is 12.0. The lowest BCUT2D eigenvalue weighted by molar-refractivity contribution is 0.548. The minimum absolute atomic E-state index is 0.0473. The fourth-order valence-corrected chi connectivity index (χ4v) is 3.69. The molecule has 0 bridgehead atoms. The fraction of sp³-hybridized carbons (Fsp3) is 0.238. The van der Waals surface area contributed by atoms with Crippen LogP contribution in [-0.4, -0.2) is 15.7 Å². The van der Waals surface area contributed by atoms with Crippen molar-refractivity contribution in [3.63, 3.8) is 0 Å². The molecule has 140 valence electrons. The van der Waals surface area contributed by atoms with Gasteiger partial charge in [0, 0.05) is 23.1 Å². The number of rotatable bonds is 4. The zero-order valence-corrected chi connectivity index (χ0v) is 15.5. The second-order valence-electron chi connectivity index (χ2n) is 6.90. The standard InChI is InChI=1S/C21H20N6O/c1-12-13(8-22)9-26-21-15(12)3-2-4-18(21)27-14-5-6-17(23)16(7-14)20(24)19-10-25-11-28-19/h5-7,9-11,18,24,27H,2-4,23H2,1H3. The van der Waals surface area contributed by atoms with Crippen LogP contribution in [0.5, 0.6) is 0 Å². The van der Waals surface area contributed by atoms with Crippen LogP contribution in [0.25, 0.3) is 0 Å². The molecule has 0 spiro atoms. The van der Waals surface area contributed by atoms with Crippen molar-refractivity contribution in [3.05, 3.63) is 70.7 Å². The lowest BCUT2D eigenvalue weighted by Gasteiger charge is -2.28. The molecule has 0 amide bonds. The Hall–Kier alpha value is -3.66. The summed E-state index contributed by atoms with van der Waals surface area (Å²) in [6, 6.07) is 7.80. The largest absolute Gasteiger partial charge is 0.442 e. The number of aromatic nitrogens is 2. The molecule has 1 aliphatic carbocycles. The van der Waals surface area contributed by atoms with Crippen LogP contribution < -0.4 is 11.1 Å². The van der Waals surface area contributed by atoms with Gasteiger partial charge >= 0.3 is 0 Å². The molecule has 1 aromatic carbocycles. The SMILES string of the molecule is Cc1c(C#N)cnc2c1CCCC2Nc1ccc(N)c(C(=N)c2cnco2)c1. The van der Waals surface area contributed by atoms with Gasteiger partial charge in [-0.1, -0.05) is 0 Å². The van der Waals surface area contributed by atoms with Crippen LogP contribution in [0.1, 0.15) is 52.6 Å². The van der Waals surface area contributed by atoms with E-state index < -0.39 is 0 Å². The number of nitrogen functional groups attached to an aromatic ring is 1. The van der Waals surface area contributed by atoms with Gasteiger partial charge in [-0.2, -0.15) is 5.26 Å². The fourth-order valence-electron chi connectivity index (χ4n) is 3.69. The second kappa shape index (κ2) is 7.16. The number of nitriles is 1. The predicted octanol–water partition coefficient (Wildman–Crippen LogP) is 3.74. The number of oxazole rings is 1. The Bertz CT molecular complexity index is 1080. The van der Waals surface area contributed by atoms with Crippen molar-refractivity contribution in [1.29, 1.82) is 10.7 Å². The van der Waals surface area contributed by atoms with E-state index in [-0.39, 0.29) is 11.8 Å². The normalized spacial score (nSPS) is 15.5. The maximum absolute atomic E-state index is 9.26. The van der Waals surface area contributed by atoms with Gasteiger partial charge in [-0.05, 0) is 55.5 Å². The number of nitrogens with two attached hydrogens (primary N) is 1. The molecule has 4 N–H and O–H groups in total. The van der Waals surface area contributed by atoms with Crippen molar-refractivity contribution < 1.29 is 4.42 Å². The molecule has 1 atom stereocenters. The summed E-state index contributed by atoms with van der Waals surface area (Å²) in [6.45, 7) is 1.99. The number of anilines is 2. The summed E-state index contributed by atoms with van der Waals surface area (Å²) < 4.78 is 5.23. The molecular weight excluding hydrogens is 352 g/mol. The summed E-state index contributed by atoms with van der Waals surface area (Å²) in [4.78, 5) is 8.44. The van der Waals surface area contributed by atoms with Crippen molar-refractivity contribution in [3.8, 4) is 6.07 Å². The van der Waals surface area contributed by atoms with Crippen molar-refractivity contribution in [2.24, 2.45) is 0 Å². The van der Waals surface area contributed by atoms with Crippen molar-refractivity contribution in [2.75, 3.05) is 11.1 Å². The molecule has 0 fully saturated rings. The molecule has 1 aliphatic rings. The monoisotopic (exact) mass is 372 g/mol. The number of pyridine rings is 1. The summed E-state index contributed by atoms with van der Waals surface area (Å²) in [5.74, 6) is 0.369. The minimum Gasteiger partial charge on any atom is -0.442 e. The van der Waals surface area contributed by atoms with E-state index in [1.807, 2.05) is 19.1 Å². The third-order valence-corrected chi connectivity index (χ3v) is 5.21. The second-order valence-corrected chi connectivity index (χ2v) is 6.90. The lowest BCUT2D eigenvalue weighted by Crippen LogP contribution is -2.20. The van der Waals surface area contributed by atoms with E-state index >= 15 is 0 Å². The van der Waals surface area contributed by atoms with Crippen LogP contribution in [-0.2, 0) is 6.42 Å². The number of nitrogens with one attached hydrogen (secondary N) is 2. The van der Waals surface area contributed by atoms with E-state index in [9.17, 15) is 5.26 Å². The first-order valence-corrected chi connectivity index (χ1v) is 9.10. The zero-order chi connectivity index (χ0) is 19.7. The summed E-state index contributed by atoms with van der Waals surface area (Å²) >= 11 is 0. The highest BCUT2D eigenvalue weighted by Gasteiger charge is 2.24. The Labute approximate surface area is 162 Å². The van der Waals surface area contributed by atoms with Gasteiger partial charge in [0.15, 0.2) is 12.2 Å². The first-order valence-electron chi connectivity index (χ1n) is 9.10. The average Bonchev–Trinajstić information content (AvgIpc) is 3.24. The first kappa shape index (κ1) is 17.7. The van der Waals surface area contributed by atoms with E-state index in [0.29, 0.717) is 22.6 Å². The molecule has 0 radical (unpaired) electrons. The van der Waals surface area contributed by atoms with Gasteiger partial charge in [-0.3, -0.25) is 10.4 Å². The van der Waals surface area contributed by atoms with Crippen LogP contribution in [0, 0.1) is 23.7 Å². The summed E-state index contributed by atoms with van der Waals surface area (Å²) in [5, 5.41) is 21.1. The molecule has 2 heterocycles. The molecule has 2 aromatic heterocycles. The van der Waals surface area contributed by atoms with E-state index in [2.05, 4.69) is 21.4 Å². The topological polar surface area (TPSA) is 125 Å². The third kappa shape index (κ3) is 3.09. The Morgan fingerprint density at radius 2 is 2.25 bits per heavy atom. The summed E-state index contributed by atoms with van der Waals surface area (Å²) in [6.07, 6.45) is 7.36. The van der Waals surface area contributed by atoms with Crippen molar-refractivity contribution in [1.82, 2.24) is 9.97 Å². The highest BCUT2D eigenvalue weighted by molar-refractivity contribution is 6.12. The van der Waals surface area contributed by atoms with Gasteiger partial charge in [-0.15, -0.1) is 0 Å². The molecule has 0 aliphatic heterocycles. The van der Waals surface area contributed by atoms with Gasteiger partial charge in [0.2, 0.25) is 0 Å². The lowest BCUT2D eigenvalue weighted by atomic mass is 9.87. The predicted molar refractivity (Wildman–Crippen MR) is 106 cm³/mol. The number of nitrogens with zero attached hydrogens (tertiary/aromatic N) is 3. The summed E-state index contributed by atoms with van der Waals surface area (Å²) in [7, 11) is 0. The number of fused-ring (bicyclic) bond motifs is 1. The number of hydrogen-bond donors (Lipinski definition) is 3. The van der Waals surface area contributed by atoms with Gasteiger partial charge in [0.1, 0.15) is 11.8 Å². The Morgan fingerprint density at radius 1 is 1.39 bits per heavy atom. The average molecular weight is 372 g/mol. The quantitative estimate of drug-likeness (QED) is 0.473. The third-order valence-electron chi connectivity index (χ3n) is 5.21. The van der Waals surface area contributed by atoms with Crippen LogP contribution in [0.2, 0.25) is 0 Å². The molecule has 0 saturated heterocycles. The van der Waals surface area contributed by atoms with Crippen LogP contribution in [0.3, 0.4) is 0 Å². The first-order chi connectivity index (χ1) is 13.6. The maximum atomic E-state index is 9.26. The van der Waals surface area contributed by atoms with Crippen LogP contribution in [0.4, 0.5) is 11.4 Å². The van der Waals surface area contributed by atoms with Crippen LogP contribution >= 0.6 is 0 Å². The van der Waals surface area contributed by atoms with Crippen molar-refractivity contribution in [2.45, 2.75) is 32.2 Å². The van der Waals surface area contributed by atoms with E-state index in [0.717, 1.165) is 41.8 Å². The molecule has 28 heavy (non-hydrogen) atoms. The van der Waals surface area contributed by atoms with Gasteiger partial charge in [0.25, 0.3) is 0 Å². The number of benzene rings is 1.